The molecule has 1 fully saturated rings. The van der Waals surface area contributed by atoms with E-state index in [1.807, 2.05) is 33.8 Å². The molecule has 1 saturated heterocycles. The van der Waals surface area contributed by atoms with Crippen LogP contribution >= 0.6 is 11.6 Å². The molecule has 0 aliphatic carbocycles. The summed E-state index contributed by atoms with van der Waals surface area (Å²) in [5.41, 5.74) is 0.561. The lowest BCUT2D eigenvalue weighted by Gasteiger charge is -2.35. The van der Waals surface area contributed by atoms with Gasteiger partial charge in [-0.1, -0.05) is 63.6 Å². The fraction of sp³-hybridized carbons (Fsp3) is 0.467. The lowest BCUT2D eigenvalue weighted by molar-refractivity contribution is -0.127. The van der Waals surface area contributed by atoms with Gasteiger partial charge in [0.1, 0.15) is 24.2 Å². The van der Waals surface area contributed by atoms with Gasteiger partial charge in [0, 0.05) is 22.9 Å². The number of hydrogen-bond acceptors (Lipinski definition) is 5. The molecule has 0 radical (unpaired) electrons. The van der Waals surface area contributed by atoms with Crippen molar-refractivity contribution in [1.82, 2.24) is 16.0 Å². The van der Waals surface area contributed by atoms with Gasteiger partial charge in [-0.3, -0.25) is 9.59 Å². The van der Waals surface area contributed by atoms with Crippen molar-refractivity contribution in [3.05, 3.63) is 70.5 Å². The van der Waals surface area contributed by atoms with Gasteiger partial charge in [0.2, 0.25) is 11.8 Å². The highest BCUT2D eigenvalue weighted by atomic mass is 35.5. The Bertz CT molecular complexity index is 1200. The number of aldehydes is 1. The minimum atomic E-state index is -0.990. The molecule has 4 atom stereocenters. The van der Waals surface area contributed by atoms with Crippen LogP contribution in [0.5, 0.6) is 0 Å². The first kappa shape index (κ1) is 31.1. The molecule has 3 unspecified atom stereocenters. The van der Waals surface area contributed by atoms with Crippen molar-refractivity contribution in [2.24, 2.45) is 11.8 Å². The Morgan fingerprint density at radius 1 is 1.18 bits per heavy atom. The first-order valence-electron chi connectivity index (χ1n) is 13.4. The zero-order chi connectivity index (χ0) is 29.4. The molecule has 0 bridgehead atoms. The number of halogens is 2. The van der Waals surface area contributed by atoms with Crippen molar-refractivity contribution in [2.75, 3.05) is 6.54 Å². The average Bonchev–Trinajstić information content (AvgIpc) is 3.30. The molecule has 1 aliphatic heterocycles. The second kappa shape index (κ2) is 13.7. The van der Waals surface area contributed by atoms with Crippen LogP contribution < -0.4 is 16.0 Å². The Kier molecular flexibility index (Phi) is 10.7. The van der Waals surface area contributed by atoms with Crippen LogP contribution in [0.2, 0.25) is 5.02 Å². The van der Waals surface area contributed by atoms with Gasteiger partial charge >= 0.3 is 6.09 Å². The summed E-state index contributed by atoms with van der Waals surface area (Å²) in [6.45, 7) is 8.10. The Morgan fingerprint density at radius 3 is 2.45 bits per heavy atom. The van der Waals surface area contributed by atoms with Crippen LogP contribution in [0.3, 0.4) is 0 Å². The number of rotatable bonds is 12. The van der Waals surface area contributed by atoms with E-state index < -0.39 is 41.4 Å². The zero-order valence-corrected chi connectivity index (χ0v) is 24.0. The quantitative estimate of drug-likeness (QED) is 0.314. The summed E-state index contributed by atoms with van der Waals surface area (Å²) in [6, 6.07) is 11.0. The number of carbonyl (C=O) groups excluding carboxylic acids is 4. The average molecular weight is 574 g/mol. The van der Waals surface area contributed by atoms with E-state index in [1.54, 1.807) is 30.3 Å². The number of ether oxygens (including phenoxy) is 1. The molecule has 1 heterocycles. The molecular weight excluding hydrogens is 537 g/mol. The molecule has 1 aliphatic rings. The Balaban J connectivity index is 1.79. The van der Waals surface area contributed by atoms with E-state index >= 15 is 0 Å². The number of hydrogen-bond donors (Lipinski definition) is 3. The molecular formula is C30H37ClFN3O5. The highest BCUT2D eigenvalue weighted by Gasteiger charge is 2.37. The molecule has 0 aromatic heterocycles. The van der Waals surface area contributed by atoms with Crippen LogP contribution in [0.4, 0.5) is 9.18 Å². The van der Waals surface area contributed by atoms with Crippen LogP contribution in [-0.4, -0.2) is 42.8 Å². The second-order valence-electron chi connectivity index (χ2n) is 11.2. The first-order valence-corrected chi connectivity index (χ1v) is 13.8. The minimum Gasteiger partial charge on any atom is -0.440 e. The molecule has 3 amide bonds. The number of carbonyl (C=O) groups is 4. The molecule has 0 spiro atoms. The lowest BCUT2D eigenvalue weighted by Crippen LogP contribution is -2.51. The van der Waals surface area contributed by atoms with Crippen molar-refractivity contribution in [3.63, 3.8) is 0 Å². The summed E-state index contributed by atoms with van der Waals surface area (Å²) in [6.07, 6.45) is -0.0464. The predicted octanol–water partition coefficient (Wildman–Crippen LogP) is 4.85. The lowest BCUT2D eigenvalue weighted by atomic mass is 9.76. The fourth-order valence-corrected chi connectivity index (χ4v) is 5.10. The van der Waals surface area contributed by atoms with Gasteiger partial charge < -0.3 is 25.5 Å². The maximum atomic E-state index is 13.7. The highest BCUT2D eigenvalue weighted by Crippen LogP contribution is 2.40. The smallest absolute Gasteiger partial charge is 0.408 e. The van der Waals surface area contributed by atoms with Crippen molar-refractivity contribution >= 4 is 35.8 Å². The number of amides is 3. The largest absolute Gasteiger partial charge is 0.440 e. The van der Waals surface area contributed by atoms with Gasteiger partial charge in [-0.2, -0.15) is 0 Å². The molecule has 0 saturated carbocycles. The predicted molar refractivity (Wildman–Crippen MR) is 150 cm³/mol. The maximum Gasteiger partial charge on any atom is 0.408 e. The van der Waals surface area contributed by atoms with E-state index in [0.29, 0.717) is 29.8 Å². The second-order valence-corrected chi connectivity index (χ2v) is 11.6. The van der Waals surface area contributed by atoms with Gasteiger partial charge in [-0.25, -0.2) is 9.18 Å². The van der Waals surface area contributed by atoms with E-state index in [0.717, 1.165) is 5.56 Å². The van der Waals surface area contributed by atoms with Crippen LogP contribution in [0.25, 0.3) is 0 Å². The van der Waals surface area contributed by atoms with Gasteiger partial charge in [0.25, 0.3) is 0 Å². The van der Waals surface area contributed by atoms with Gasteiger partial charge in [0.05, 0.1) is 6.04 Å². The summed E-state index contributed by atoms with van der Waals surface area (Å²) in [5, 5.41) is 8.56. The minimum absolute atomic E-state index is 0.0298. The summed E-state index contributed by atoms with van der Waals surface area (Å²) < 4.78 is 19.7. The molecule has 2 aromatic carbocycles. The van der Waals surface area contributed by atoms with Gasteiger partial charge in [-0.05, 0) is 60.6 Å². The molecule has 40 heavy (non-hydrogen) atoms. The molecule has 3 rings (SSSR count). The maximum absolute atomic E-state index is 13.7. The molecule has 3 N–H and O–H groups in total. The van der Waals surface area contributed by atoms with Crippen molar-refractivity contribution in [3.8, 4) is 0 Å². The topological polar surface area (TPSA) is 114 Å². The Hall–Kier alpha value is -3.46. The first-order chi connectivity index (χ1) is 18.9. The fourth-order valence-electron chi connectivity index (χ4n) is 4.90. The van der Waals surface area contributed by atoms with Crippen LogP contribution in [-0.2, 0) is 24.5 Å². The monoisotopic (exact) mass is 573 g/mol. The third-order valence-corrected chi connectivity index (χ3v) is 7.37. The molecule has 8 nitrogen and oxygen atoms in total. The Labute approximate surface area is 239 Å². The van der Waals surface area contributed by atoms with Crippen LogP contribution in [0, 0.1) is 17.7 Å². The normalized spacial score (nSPS) is 17.5. The molecule has 2 aromatic rings. The Morgan fingerprint density at radius 2 is 1.88 bits per heavy atom. The summed E-state index contributed by atoms with van der Waals surface area (Å²) in [7, 11) is 0. The van der Waals surface area contributed by atoms with Crippen molar-refractivity contribution < 1.29 is 28.3 Å². The highest BCUT2D eigenvalue weighted by molar-refractivity contribution is 6.30. The van der Waals surface area contributed by atoms with E-state index in [1.165, 1.54) is 12.1 Å². The van der Waals surface area contributed by atoms with Crippen molar-refractivity contribution in [1.29, 1.82) is 0 Å². The van der Waals surface area contributed by atoms with E-state index in [9.17, 15) is 23.6 Å². The number of alkyl carbamates (subject to hydrolysis) is 1. The van der Waals surface area contributed by atoms with E-state index in [4.69, 9.17) is 16.3 Å². The van der Waals surface area contributed by atoms with Gasteiger partial charge in [0.15, 0.2) is 0 Å². The van der Waals surface area contributed by atoms with Gasteiger partial charge in [-0.15, -0.1) is 0 Å². The number of benzene rings is 2. The standard InChI is InChI=1S/C30H37ClFN3O5/c1-18(2)14-25(28(38)34-24(17-36)15-20-12-13-33-27(20)37)35-29(39)40-26(19-8-10-23(32)11-9-19)30(3,4)21-6-5-7-22(31)16-21/h5-11,16-18,20,24-26H,12-15H2,1-4H3,(H,33,37)(H,34,38)(H,35,39)/t20-,24?,25?,26?/m0/s1. The molecule has 10 heteroatoms. The number of nitrogens with one attached hydrogen (secondary N) is 3. The molecule has 216 valence electrons. The van der Waals surface area contributed by atoms with E-state index in [2.05, 4.69) is 16.0 Å². The van der Waals surface area contributed by atoms with Crippen LogP contribution in [0.1, 0.15) is 64.2 Å². The third-order valence-electron chi connectivity index (χ3n) is 7.13. The summed E-state index contributed by atoms with van der Waals surface area (Å²) in [4.78, 5) is 50.1. The SMILES string of the molecule is CC(C)CC(NC(=O)OC(c1ccc(F)cc1)C(C)(C)c1cccc(Cl)c1)C(=O)NC(C=O)C[C@@H]1CCNC1=O. The third kappa shape index (κ3) is 8.27. The van der Waals surface area contributed by atoms with Crippen LogP contribution in [0.15, 0.2) is 48.5 Å². The van der Waals surface area contributed by atoms with E-state index in [-0.39, 0.29) is 30.6 Å². The van der Waals surface area contributed by atoms with Crippen molar-refractivity contribution in [2.45, 2.75) is 70.6 Å². The summed E-state index contributed by atoms with van der Waals surface area (Å²) >= 11 is 6.23. The summed E-state index contributed by atoms with van der Waals surface area (Å²) in [5.74, 6) is -1.45. The zero-order valence-electron chi connectivity index (χ0n) is 23.2.